The number of carbonyl (C=O) groups is 1. The summed E-state index contributed by atoms with van der Waals surface area (Å²) in [5, 5.41) is 3.33. The molecule has 0 bridgehead atoms. The van der Waals surface area contributed by atoms with Crippen molar-refractivity contribution in [2.45, 2.75) is 71.2 Å². The van der Waals surface area contributed by atoms with Gasteiger partial charge in [0.25, 0.3) is 0 Å². The van der Waals surface area contributed by atoms with E-state index in [9.17, 15) is 4.79 Å². The molecule has 0 aliphatic carbocycles. The highest BCUT2D eigenvalue weighted by molar-refractivity contribution is 5.84. The Morgan fingerprint density at radius 2 is 2.10 bits per heavy atom. The van der Waals surface area contributed by atoms with Crippen LogP contribution in [-0.2, 0) is 9.53 Å². The van der Waals surface area contributed by atoms with Gasteiger partial charge in [0.05, 0.1) is 11.6 Å². The molecule has 1 fully saturated rings. The average molecular weight is 299 g/mol. The highest BCUT2D eigenvalue weighted by atomic mass is 16.5. The molecule has 0 aromatic heterocycles. The number of rotatable bonds is 7. The van der Waals surface area contributed by atoms with E-state index in [0.29, 0.717) is 18.4 Å². The maximum absolute atomic E-state index is 11.9. The predicted molar refractivity (Wildman–Crippen MR) is 86.1 cm³/mol. The smallest absolute Gasteiger partial charge is 0.237 e. The molecule has 0 radical (unpaired) electrons. The Kier molecular flexibility index (Phi) is 6.63. The topological polar surface area (TPSA) is 67.6 Å². The molecule has 0 saturated carbocycles. The van der Waals surface area contributed by atoms with Crippen LogP contribution in [0.4, 0.5) is 0 Å². The molecule has 4 atom stereocenters. The number of carbonyl (C=O) groups excluding carboxylic acids is 1. The fourth-order valence-electron chi connectivity index (χ4n) is 3.35. The number of hydrogen-bond acceptors (Lipinski definition) is 4. The Labute approximate surface area is 129 Å². The van der Waals surface area contributed by atoms with E-state index < -0.39 is 5.54 Å². The molecule has 0 aromatic carbocycles. The largest absolute Gasteiger partial charge is 0.380 e. The van der Waals surface area contributed by atoms with Gasteiger partial charge in [-0.25, -0.2) is 0 Å². The maximum atomic E-state index is 11.9. The highest BCUT2D eigenvalue weighted by Gasteiger charge is 2.36. The van der Waals surface area contributed by atoms with Crippen molar-refractivity contribution in [2.24, 2.45) is 11.7 Å². The number of ether oxygens (including phenoxy) is 1. The SMILES string of the molecule is COC1CN(C(C)CC(C)(NC(C)C)C(N)=O)CCC1C. The first-order chi connectivity index (χ1) is 9.69. The van der Waals surface area contributed by atoms with Crippen LogP contribution in [0.3, 0.4) is 0 Å². The van der Waals surface area contributed by atoms with Crippen LogP contribution in [-0.4, -0.2) is 54.7 Å². The van der Waals surface area contributed by atoms with Gasteiger partial charge in [-0.3, -0.25) is 9.69 Å². The minimum absolute atomic E-state index is 0.225. The lowest BCUT2D eigenvalue weighted by molar-refractivity contribution is -0.125. The third-order valence-corrected chi connectivity index (χ3v) is 4.70. The van der Waals surface area contributed by atoms with E-state index in [-0.39, 0.29) is 18.1 Å². The summed E-state index contributed by atoms with van der Waals surface area (Å²) in [5.41, 5.74) is 4.96. The summed E-state index contributed by atoms with van der Waals surface area (Å²) < 4.78 is 5.58. The number of likely N-dealkylation sites (tertiary alicyclic amines) is 1. The Morgan fingerprint density at radius 3 is 2.57 bits per heavy atom. The summed E-state index contributed by atoms with van der Waals surface area (Å²) in [5.74, 6) is 0.312. The number of nitrogens with zero attached hydrogens (tertiary/aromatic N) is 1. The molecular formula is C16H33N3O2. The van der Waals surface area contributed by atoms with Crippen molar-refractivity contribution < 1.29 is 9.53 Å². The van der Waals surface area contributed by atoms with Crippen molar-refractivity contribution in [3.05, 3.63) is 0 Å². The lowest BCUT2D eigenvalue weighted by Crippen LogP contribution is -2.59. The molecule has 0 aromatic rings. The van der Waals surface area contributed by atoms with Gasteiger partial charge in [0.1, 0.15) is 0 Å². The third kappa shape index (κ3) is 4.94. The Balaban J connectivity index is 2.69. The lowest BCUT2D eigenvalue weighted by atomic mass is 9.88. The first kappa shape index (κ1) is 18.4. The van der Waals surface area contributed by atoms with Crippen molar-refractivity contribution in [2.75, 3.05) is 20.2 Å². The van der Waals surface area contributed by atoms with Gasteiger partial charge < -0.3 is 15.8 Å². The monoisotopic (exact) mass is 299 g/mol. The van der Waals surface area contributed by atoms with Crippen LogP contribution in [0.1, 0.15) is 47.5 Å². The molecule has 1 rings (SSSR count). The normalized spacial score (nSPS) is 28.3. The van der Waals surface area contributed by atoms with E-state index in [0.717, 1.165) is 19.5 Å². The molecule has 5 heteroatoms. The molecular weight excluding hydrogens is 266 g/mol. The number of primary amides is 1. The van der Waals surface area contributed by atoms with Crippen LogP contribution in [0.15, 0.2) is 0 Å². The van der Waals surface area contributed by atoms with Gasteiger partial charge >= 0.3 is 0 Å². The second-order valence-corrected chi connectivity index (χ2v) is 7.08. The fraction of sp³-hybridized carbons (Fsp3) is 0.938. The second kappa shape index (κ2) is 7.56. The van der Waals surface area contributed by atoms with Crippen molar-refractivity contribution >= 4 is 5.91 Å². The summed E-state index contributed by atoms with van der Waals surface area (Å²) in [7, 11) is 1.78. The summed E-state index contributed by atoms with van der Waals surface area (Å²) in [6.07, 6.45) is 2.12. The quantitative estimate of drug-likeness (QED) is 0.745. The van der Waals surface area contributed by atoms with E-state index in [4.69, 9.17) is 10.5 Å². The number of nitrogens with one attached hydrogen (secondary N) is 1. The van der Waals surface area contributed by atoms with Gasteiger partial charge in [0.2, 0.25) is 5.91 Å². The summed E-state index contributed by atoms with van der Waals surface area (Å²) >= 11 is 0. The van der Waals surface area contributed by atoms with E-state index in [1.807, 2.05) is 20.8 Å². The van der Waals surface area contributed by atoms with E-state index in [1.54, 1.807) is 7.11 Å². The van der Waals surface area contributed by atoms with E-state index in [1.165, 1.54) is 0 Å². The highest BCUT2D eigenvalue weighted by Crippen LogP contribution is 2.24. The minimum Gasteiger partial charge on any atom is -0.380 e. The van der Waals surface area contributed by atoms with Crippen LogP contribution < -0.4 is 11.1 Å². The van der Waals surface area contributed by atoms with Crippen LogP contribution >= 0.6 is 0 Å². The summed E-state index contributed by atoms with van der Waals surface area (Å²) in [4.78, 5) is 14.3. The van der Waals surface area contributed by atoms with Crippen LogP contribution in [0.2, 0.25) is 0 Å². The maximum Gasteiger partial charge on any atom is 0.237 e. The van der Waals surface area contributed by atoms with Gasteiger partial charge in [0.15, 0.2) is 0 Å². The minimum atomic E-state index is -0.667. The summed E-state index contributed by atoms with van der Waals surface area (Å²) in [6, 6.07) is 0.515. The van der Waals surface area contributed by atoms with Gasteiger partial charge in [0, 0.05) is 25.7 Å². The molecule has 5 nitrogen and oxygen atoms in total. The Morgan fingerprint density at radius 1 is 1.48 bits per heavy atom. The van der Waals surface area contributed by atoms with Gasteiger partial charge in [-0.15, -0.1) is 0 Å². The number of piperidine rings is 1. The van der Waals surface area contributed by atoms with Gasteiger partial charge in [-0.1, -0.05) is 6.92 Å². The zero-order valence-electron chi connectivity index (χ0n) is 14.5. The van der Waals surface area contributed by atoms with Gasteiger partial charge in [-0.05, 0) is 53.0 Å². The number of amides is 1. The van der Waals surface area contributed by atoms with Crippen molar-refractivity contribution in [1.82, 2.24) is 10.2 Å². The van der Waals surface area contributed by atoms with Crippen LogP contribution in [0, 0.1) is 5.92 Å². The zero-order valence-corrected chi connectivity index (χ0v) is 14.5. The number of nitrogens with two attached hydrogens (primary N) is 1. The van der Waals surface area contributed by atoms with Crippen LogP contribution in [0.25, 0.3) is 0 Å². The molecule has 124 valence electrons. The summed E-state index contributed by atoms with van der Waals surface area (Å²) in [6.45, 7) is 12.4. The van der Waals surface area contributed by atoms with E-state index >= 15 is 0 Å². The van der Waals surface area contributed by atoms with Crippen molar-refractivity contribution in [1.29, 1.82) is 0 Å². The number of hydrogen-bond donors (Lipinski definition) is 2. The molecule has 4 unspecified atom stereocenters. The average Bonchev–Trinajstić information content (AvgIpc) is 2.37. The predicted octanol–water partition coefficient (Wildman–Crippen LogP) is 1.36. The Hall–Kier alpha value is -0.650. The first-order valence-electron chi connectivity index (χ1n) is 8.04. The molecule has 1 saturated heterocycles. The van der Waals surface area contributed by atoms with Crippen LogP contribution in [0.5, 0.6) is 0 Å². The third-order valence-electron chi connectivity index (χ3n) is 4.70. The zero-order chi connectivity index (χ0) is 16.2. The number of methoxy groups -OCH3 is 1. The molecule has 1 heterocycles. The molecule has 1 amide bonds. The molecule has 1 aliphatic heterocycles. The molecule has 3 N–H and O–H groups in total. The van der Waals surface area contributed by atoms with Crippen molar-refractivity contribution in [3.8, 4) is 0 Å². The molecule has 21 heavy (non-hydrogen) atoms. The molecule has 1 aliphatic rings. The standard InChI is InChI=1S/C16H33N3O2/c1-11(2)18-16(5,15(17)20)9-13(4)19-8-7-12(3)14(10-19)21-6/h11-14,18H,7-10H2,1-6H3,(H2,17,20). The second-order valence-electron chi connectivity index (χ2n) is 7.08. The van der Waals surface area contributed by atoms with Crippen molar-refractivity contribution in [3.63, 3.8) is 0 Å². The Bertz CT molecular complexity index is 348. The lowest BCUT2D eigenvalue weighted by Gasteiger charge is -2.42. The molecule has 0 spiro atoms. The fourth-order valence-corrected chi connectivity index (χ4v) is 3.35. The van der Waals surface area contributed by atoms with E-state index in [2.05, 4.69) is 24.1 Å². The first-order valence-corrected chi connectivity index (χ1v) is 8.04. The van der Waals surface area contributed by atoms with Gasteiger partial charge in [-0.2, -0.15) is 0 Å².